The predicted octanol–water partition coefficient (Wildman–Crippen LogP) is -0.196. The van der Waals surface area contributed by atoms with Crippen molar-refractivity contribution >= 4 is 30.1 Å². The first kappa shape index (κ1) is 30.7. The van der Waals surface area contributed by atoms with E-state index < -0.39 is 35.7 Å². The highest BCUT2D eigenvalue weighted by molar-refractivity contribution is 5.96. The molecule has 0 aliphatic carbocycles. The number of piperazine rings is 1. The summed E-state index contributed by atoms with van der Waals surface area (Å²) in [7, 11) is 0. The first-order valence-corrected chi connectivity index (χ1v) is 11.7. The molecule has 0 saturated carbocycles. The fourth-order valence-corrected chi connectivity index (χ4v) is 3.35. The fourth-order valence-electron chi connectivity index (χ4n) is 3.35. The van der Waals surface area contributed by atoms with Gasteiger partial charge in [-0.3, -0.25) is 34.4 Å². The first-order valence-electron chi connectivity index (χ1n) is 11.7. The van der Waals surface area contributed by atoms with Gasteiger partial charge in [-0.1, -0.05) is 11.1 Å². The number of amides is 4. The van der Waals surface area contributed by atoms with E-state index in [1.165, 1.54) is 12.2 Å². The van der Waals surface area contributed by atoms with Crippen molar-refractivity contribution in [2.24, 2.45) is 0 Å². The molecule has 5 N–H and O–H groups in total. The Balaban J connectivity index is 2.39. The molecule has 2 atom stereocenters. The monoisotopic (exact) mass is 512 g/mol. The summed E-state index contributed by atoms with van der Waals surface area (Å²) in [5.41, 5.74) is 1.24. The number of rotatable bonds is 16. The first-order chi connectivity index (χ1) is 17.1. The molecule has 1 saturated heterocycles. The van der Waals surface area contributed by atoms with Gasteiger partial charge in [0.1, 0.15) is 12.1 Å². The van der Waals surface area contributed by atoms with Crippen LogP contribution in [0.4, 0.5) is 0 Å². The van der Waals surface area contributed by atoms with E-state index in [0.29, 0.717) is 40.6 Å². The molecule has 1 rings (SSSR count). The maximum absolute atomic E-state index is 12.4. The molecule has 0 aromatic carbocycles. The zero-order valence-corrected chi connectivity index (χ0v) is 20.6. The molecule has 1 fully saturated rings. The molecule has 13 heteroatoms. The highest BCUT2D eigenvalue weighted by Gasteiger charge is 2.33. The molecule has 1 aliphatic heterocycles. The van der Waals surface area contributed by atoms with E-state index in [2.05, 4.69) is 15.4 Å². The third-order valence-corrected chi connectivity index (χ3v) is 5.43. The van der Waals surface area contributed by atoms with Gasteiger partial charge in [0.05, 0.1) is 6.61 Å². The highest BCUT2D eigenvalue weighted by atomic mass is 16.5. The number of nitrogens with zero attached hydrogens (tertiary/aromatic N) is 2. The lowest BCUT2D eigenvalue weighted by atomic mass is 10.0. The molecule has 13 nitrogen and oxygen atoms in total. The lowest BCUT2D eigenvalue weighted by Crippen LogP contribution is -2.61. The normalized spacial score (nSPS) is 18.2. The second kappa shape index (κ2) is 16.4. The summed E-state index contributed by atoms with van der Waals surface area (Å²) < 4.78 is 4.55. The zero-order valence-electron chi connectivity index (χ0n) is 20.6. The average molecular weight is 513 g/mol. The zero-order chi connectivity index (χ0) is 27.1. The van der Waals surface area contributed by atoms with Crippen molar-refractivity contribution in [3.8, 4) is 0 Å². The van der Waals surface area contributed by atoms with Gasteiger partial charge in [0.15, 0.2) is 0 Å². The van der Waals surface area contributed by atoms with Crippen LogP contribution in [0.15, 0.2) is 23.3 Å². The third kappa shape index (κ3) is 11.4. The van der Waals surface area contributed by atoms with Crippen molar-refractivity contribution < 1.29 is 44.2 Å². The Bertz CT molecular complexity index is 843. The van der Waals surface area contributed by atoms with Crippen LogP contribution in [0.5, 0.6) is 0 Å². The van der Waals surface area contributed by atoms with Gasteiger partial charge >= 0.3 is 0 Å². The molecule has 0 bridgehead atoms. The third-order valence-electron chi connectivity index (χ3n) is 5.43. The summed E-state index contributed by atoms with van der Waals surface area (Å²) in [6.07, 6.45) is 4.02. The van der Waals surface area contributed by atoms with Crippen LogP contribution in [0.2, 0.25) is 0 Å². The van der Waals surface area contributed by atoms with Crippen molar-refractivity contribution in [2.45, 2.75) is 64.5 Å². The molecule has 202 valence electrons. The van der Waals surface area contributed by atoms with Crippen molar-refractivity contribution in [1.82, 2.24) is 20.8 Å². The Morgan fingerprint density at radius 1 is 0.889 bits per heavy atom. The highest BCUT2D eigenvalue weighted by Crippen LogP contribution is 2.10. The minimum Gasteiger partial charge on any atom is -0.468 e. The molecule has 0 radical (unpaired) electrons. The van der Waals surface area contributed by atoms with Crippen LogP contribution < -0.4 is 10.6 Å². The number of ether oxygens (including phenoxy) is 1. The number of hydroxylamine groups is 4. The molecule has 0 aromatic rings. The molecular formula is C23H36N4O9. The van der Waals surface area contributed by atoms with Crippen LogP contribution in [-0.4, -0.2) is 94.1 Å². The van der Waals surface area contributed by atoms with Crippen molar-refractivity contribution in [2.75, 3.05) is 26.3 Å². The van der Waals surface area contributed by atoms with E-state index in [1.54, 1.807) is 13.8 Å². The van der Waals surface area contributed by atoms with Crippen LogP contribution in [-0.2, 0) is 28.7 Å². The standard InChI is InChI=1S/C23H36N4O9/c1-16(7-11-28)13-20(30)26(34)9-3-5-18-22(32)25-19(23(33)24-18)6-4-10-27(35)21(31)14-17(2)8-12-36-15-29/h13-15,18-19,28,34-35H,3-12H2,1-2H3,(H,24,33)(H,25,32)/b16-13+,17-14+/t18-,19-/m0/s1. The molecule has 1 aliphatic rings. The van der Waals surface area contributed by atoms with Crippen molar-refractivity contribution in [3.63, 3.8) is 0 Å². The van der Waals surface area contributed by atoms with Gasteiger partial charge in [-0.05, 0) is 46.0 Å². The van der Waals surface area contributed by atoms with Crippen molar-refractivity contribution in [1.29, 1.82) is 0 Å². The Morgan fingerprint density at radius 3 is 1.75 bits per heavy atom. The number of hydrogen-bond donors (Lipinski definition) is 5. The summed E-state index contributed by atoms with van der Waals surface area (Å²) in [4.78, 5) is 58.7. The molecule has 1 heterocycles. The van der Waals surface area contributed by atoms with Crippen molar-refractivity contribution in [3.05, 3.63) is 23.3 Å². The summed E-state index contributed by atoms with van der Waals surface area (Å²) in [5.74, 6) is -2.08. The molecule has 0 spiro atoms. The van der Waals surface area contributed by atoms with Crippen LogP contribution in [0, 0.1) is 0 Å². The van der Waals surface area contributed by atoms with E-state index in [-0.39, 0.29) is 52.0 Å². The summed E-state index contributed by atoms with van der Waals surface area (Å²) in [6, 6.07) is -1.62. The Morgan fingerprint density at radius 2 is 1.33 bits per heavy atom. The van der Waals surface area contributed by atoms with E-state index in [4.69, 9.17) is 5.11 Å². The lowest BCUT2D eigenvalue weighted by Gasteiger charge is -2.30. The van der Waals surface area contributed by atoms with Crippen LogP contribution in [0.1, 0.15) is 52.4 Å². The van der Waals surface area contributed by atoms with Gasteiger partial charge in [-0.25, -0.2) is 10.1 Å². The Hall–Kier alpha value is -3.29. The molecular weight excluding hydrogens is 476 g/mol. The molecule has 36 heavy (non-hydrogen) atoms. The Labute approximate surface area is 209 Å². The van der Waals surface area contributed by atoms with E-state index in [0.717, 1.165) is 0 Å². The predicted molar refractivity (Wildman–Crippen MR) is 125 cm³/mol. The number of aliphatic hydroxyl groups is 1. The van der Waals surface area contributed by atoms with Gasteiger partial charge in [0, 0.05) is 38.3 Å². The largest absolute Gasteiger partial charge is 0.468 e. The van der Waals surface area contributed by atoms with E-state index >= 15 is 0 Å². The second-order valence-electron chi connectivity index (χ2n) is 8.50. The molecule has 0 unspecified atom stereocenters. The fraction of sp³-hybridized carbons (Fsp3) is 0.609. The van der Waals surface area contributed by atoms with E-state index in [9.17, 15) is 34.4 Å². The Kier molecular flexibility index (Phi) is 14.0. The summed E-state index contributed by atoms with van der Waals surface area (Å²) in [6.45, 7) is 3.55. The lowest BCUT2D eigenvalue weighted by molar-refractivity contribution is -0.160. The number of carbonyl (C=O) groups excluding carboxylic acids is 5. The smallest absolute Gasteiger partial charge is 0.293 e. The van der Waals surface area contributed by atoms with Gasteiger partial charge in [-0.15, -0.1) is 0 Å². The van der Waals surface area contributed by atoms with Crippen LogP contribution in [0.25, 0.3) is 0 Å². The van der Waals surface area contributed by atoms with Gasteiger partial charge < -0.3 is 20.5 Å². The van der Waals surface area contributed by atoms with E-state index in [1.807, 2.05) is 0 Å². The average Bonchev–Trinajstić information content (AvgIpc) is 2.81. The maximum Gasteiger partial charge on any atom is 0.293 e. The molecule has 4 amide bonds. The van der Waals surface area contributed by atoms with Crippen LogP contribution in [0.3, 0.4) is 0 Å². The topological polar surface area (TPSA) is 186 Å². The van der Waals surface area contributed by atoms with Gasteiger partial charge in [0.25, 0.3) is 18.3 Å². The van der Waals surface area contributed by atoms with Gasteiger partial charge in [0.2, 0.25) is 11.8 Å². The minimum absolute atomic E-state index is 0.0385. The maximum atomic E-state index is 12.4. The summed E-state index contributed by atoms with van der Waals surface area (Å²) >= 11 is 0. The van der Waals surface area contributed by atoms with Gasteiger partial charge in [-0.2, -0.15) is 0 Å². The number of nitrogens with one attached hydrogen (secondary N) is 2. The number of hydrogen-bond acceptors (Lipinski definition) is 9. The van der Waals surface area contributed by atoms with Crippen LogP contribution >= 0.6 is 0 Å². The SMILES string of the molecule is C/C(=C\C(=O)N(O)CCC[C@@H]1NC(=O)[C@H](CCCN(O)C(=O)/C=C(\C)CCOC=O)NC1=O)CCO. The minimum atomic E-state index is -0.814. The second-order valence-corrected chi connectivity index (χ2v) is 8.50. The quantitative estimate of drug-likeness (QED) is 0.0614. The number of carbonyl (C=O) groups is 5. The summed E-state index contributed by atoms with van der Waals surface area (Å²) in [5, 5.41) is 34.8. The molecule has 0 aromatic heterocycles. The number of aliphatic hydroxyl groups excluding tert-OH is 1.